The number of carbonyl (C=O) groups is 3. The Labute approximate surface area is 143 Å². The van der Waals surface area contributed by atoms with Crippen molar-refractivity contribution in [3.63, 3.8) is 0 Å². The average molecular weight is 346 g/mol. The van der Waals surface area contributed by atoms with Gasteiger partial charge in [-0.25, -0.2) is 0 Å². The number of nitro benzene ring substituents is 1. The average Bonchev–Trinajstić information content (AvgIpc) is 2.86. The van der Waals surface area contributed by atoms with Crippen molar-refractivity contribution in [1.29, 1.82) is 0 Å². The van der Waals surface area contributed by atoms with E-state index in [1.165, 1.54) is 18.6 Å². The number of nitro groups is 1. The second-order valence-corrected chi connectivity index (χ2v) is 6.34. The van der Waals surface area contributed by atoms with Crippen LogP contribution in [0.15, 0.2) is 18.2 Å². The Morgan fingerprint density at radius 1 is 1.20 bits per heavy atom. The first-order chi connectivity index (χ1) is 12.0. The molecule has 2 aliphatic rings. The standard InChI is InChI=1S/C17H18N2O6/c20-14(25-10-11-5-2-1-3-6-11)9-18-16(21)12-7-4-8-13(19(23)24)15(12)17(18)22/h4,7-8,11H,1-3,5-6,9-10H2. The van der Waals surface area contributed by atoms with Crippen LogP contribution in [0.5, 0.6) is 0 Å². The highest BCUT2D eigenvalue weighted by atomic mass is 16.6. The fraction of sp³-hybridized carbons (Fsp3) is 0.471. The van der Waals surface area contributed by atoms with Crippen LogP contribution in [0.2, 0.25) is 0 Å². The van der Waals surface area contributed by atoms with Gasteiger partial charge in [0.25, 0.3) is 17.5 Å². The summed E-state index contributed by atoms with van der Waals surface area (Å²) in [4.78, 5) is 47.7. The Hall–Kier alpha value is -2.77. The zero-order chi connectivity index (χ0) is 18.0. The summed E-state index contributed by atoms with van der Waals surface area (Å²) in [5, 5.41) is 11.1. The van der Waals surface area contributed by atoms with Crippen LogP contribution in [0.4, 0.5) is 5.69 Å². The van der Waals surface area contributed by atoms with Gasteiger partial charge in [-0.15, -0.1) is 0 Å². The highest BCUT2D eigenvalue weighted by molar-refractivity contribution is 6.24. The van der Waals surface area contributed by atoms with Crippen LogP contribution in [0.25, 0.3) is 0 Å². The van der Waals surface area contributed by atoms with Gasteiger partial charge in [-0.1, -0.05) is 25.3 Å². The summed E-state index contributed by atoms with van der Waals surface area (Å²) < 4.78 is 5.20. The molecule has 1 saturated carbocycles. The normalized spacial score (nSPS) is 17.5. The van der Waals surface area contributed by atoms with Crippen LogP contribution in [0, 0.1) is 16.0 Å². The predicted octanol–water partition coefficient (Wildman–Crippen LogP) is 2.31. The quantitative estimate of drug-likeness (QED) is 0.350. The zero-order valence-corrected chi connectivity index (χ0v) is 13.6. The number of amides is 2. The minimum atomic E-state index is -0.832. The van der Waals surface area contributed by atoms with Gasteiger partial charge in [0.1, 0.15) is 12.1 Å². The lowest BCUT2D eigenvalue weighted by Crippen LogP contribution is -2.36. The van der Waals surface area contributed by atoms with Crippen LogP contribution in [0.1, 0.15) is 52.8 Å². The van der Waals surface area contributed by atoms with E-state index in [0.29, 0.717) is 10.8 Å². The summed E-state index contributed by atoms with van der Waals surface area (Å²) in [5.74, 6) is -1.90. The maximum atomic E-state index is 12.4. The summed E-state index contributed by atoms with van der Waals surface area (Å²) in [6.07, 6.45) is 5.44. The van der Waals surface area contributed by atoms with Crippen molar-refractivity contribution in [2.24, 2.45) is 5.92 Å². The smallest absolute Gasteiger partial charge is 0.326 e. The molecule has 1 aliphatic carbocycles. The number of hydrogen-bond donors (Lipinski definition) is 0. The third kappa shape index (κ3) is 3.38. The van der Waals surface area contributed by atoms with E-state index in [-0.39, 0.29) is 17.7 Å². The van der Waals surface area contributed by atoms with Crippen LogP contribution in [0.3, 0.4) is 0 Å². The van der Waals surface area contributed by atoms with E-state index in [2.05, 4.69) is 0 Å². The molecule has 0 saturated heterocycles. The molecule has 1 aromatic carbocycles. The molecule has 132 valence electrons. The zero-order valence-electron chi connectivity index (χ0n) is 13.6. The monoisotopic (exact) mass is 346 g/mol. The molecule has 1 aliphatic heterocycles. The summed E-state index contributed by atoms with van der Waals surface area (Å²) in [7, 11) is 0. The fourth-order valence-corrected chi connectivity index (χ4v) is 3.35. The number of fused-ring (bicyclic) bond motifs is 1. The van der Waals surface area contributed by atoms with Gasteiger partial charge in [0, 0.05) is 6.07 Å². The van der Waals surface area contributed by atoms with E-state index in [9.17, 15) is 24.5 Å². The topological polar surface area (TPSA) is 107 Å². The molecule has 25 heavy (non-hydrogen) atoms. The number of hydrogen-bond acceptors (Lipinski definition) is 6. The van der Waals surface area contributed by atoms with E-state index < -0.39 is 34.9 Å². The Morgan fingerprint density at radius 2 is 1.92 bits per heavy atom. The molecule has 0 radical (unpaired) electrons. The maximum absolute atomic E-state index is 12.4. The van der Waals surface area contributed by atoms with Crippen LogP contribution < -0.4 is 0 Å². The van der Waals surface area contributed by atoms with Gasteiger partial charge in [-0.05, 0) is 24.8 Å². The molecule has 1 aromatic rings. The Balaban J connectivity index is 1.66. The summed E-state index contributed by atoms with van der Waals surface area (Å²) >= 11 is 0. The number of rotatable bonds is 5. The molecule has 0 N–H and O–H groups in total. The lowest BCUT2D eigenvalue weighted by molar-refractivity contribution is -0.385. The fourth-order valence-electron chi connectivity index (χ4n) is 3.35. The lowest BCUT2D eigenvalue weighted by Gasteiger charge is -2.21. The van der Waals surface area contributed by atoms with Gasteiger partial charge >= 0.3 is 5.97 Å². The number of benzene rings is 1. The van der Waals surface area contributed by atoms with E-state index in [0.717, 1.165) is 31.7 Å². The lowest BCUT2D eigenvalue weighted by atomic mass is 9.90. The molecular formula is C17H18N2O6. The minimum Gasteiger partial charge on any atom is -0.464 e. The first kappa shape index (κ1) is 17.1. The number of ether oxygens (including phenoxy) is 1. The largest absolute Gasteiger partial charge is 0.464 e. The van der Waals surface area contributed by atoms with Gasteiger partial charge < -0.3 is 4.74 Å². The third-order valence-electron chi connectivity index (χ3n) is 4.67. The second-order valence-electron chi connectivity index (χ2n) is 6.34. The Bertz CT molecular complexity index is 739. The Morgan fingerprint density at radius 3 is 2.60 bits per heavy atom. The highest BCUT2D eigenvalue weighted by Crippen LogP contribution is 2.30. The van der Waals surface area contributed by atoms with Gasteiger partial charge in [-0.2, -0.15) is 0 Å². The molecule has 0 atom stereocenters. The van der Waals surface area contributed by atoms with Crippen molar-refractivity contribution in [3.8, 4) is 0 Å². The third-order valence-corrected chi connectivity index (χ3v) is 4.67. The molecule has 8 nitrogen and oxygen atoms in total. The van der Waals surface area contributed by atoms with E-state index >= 15 is 0 Å². The SMILES string of the molecule is O=C(CN1C(=O)c2cccc([N+](=O)[O-])c2C1=O)OCC1CCCCC1. The summed E-state index contributed by atoms with van der Waals surface area (Å²) in [6, 6.07) is 3.85. The Kier molecular flexibility index (Phi) is 4.78. The van der Waals surface area contributed by atoms with Crippen LogP contribution in [-0.4, -0.2) is 40.8 Å². The van der Waals surface area contributed by atoms with Crippen molar-refractivity contribution < 1.29 is 24.0 Å². The van der Waals surface area contributed by atoms with Gasteiger partial charge in [-0.3, -0.25) is 29.4 Å². The molecule has 0 spiro atoms. The number of carbonyl (C=O) groups excluding carboxylic acids is 3. The maximum Gasteiger partial charge on any atom is 0.326 e. The number of esters is 1. The highest BCUT2D eigenvalue weighted by Gasteiger charge is 2.41. The van der Waals surface area contributed by atoms with E-state index in [4.69, 9.17) is 4.74 Å². The van der Waals surface area contributed by atoms with Gasteiger partial charge in [0.15, 0.2) is 0 Å². The molecule has 8 heteroatoms. The number of imide groups is 1. The predicted molar refractivity (Wildman–Crippen MR) is 86.0 cm³/mol. The first-order valence-corrected chi connectivity index (χ1v) is 8.28. The molecule has 0 bridgehead atoms. The van der Waals surface area contributed by atoms with Crippen molar-refractivity contribution in [2.75, 3.05) is 13.2 Å². The second kappa shape index (κ2) is 7.00. The van der Waals surface area contributed by atoms with Crippen molar-refractivity contribution in [2.45, 2.75) is 32.1 Å². The van der Waals surface area contributed by atoms with Crippen molar-refractivity contribution >= 4 is 23.5 Å². The summed E-state index contributed by atoms with van der Waals surface area (Å²) in [5.41, 5.74) is -0.759. The van der Waals surface area contributed by atoms with Gasteiger partial charge in [0.2, 0.25) is 0 Å². The van der Waals surface area contributed by atoms with Crippen LogP contribution >= 0.6 is 0 Å². The molecule has 0 aromatic heterocycles. The minimum absolute atomic E-state index is 0.0562. The van der Waals surface area contributed by atoms with Gasteiger partial charge in [0.05, 0.1) is 17.1 Å². The van der Waals surface area contributed by atoms with E-state index in [1.807, 2.05) is 0 Å². The number of nitrogens with zero attached hydrogens (tertiary/aromatic N) is 2. The molecule has 1 heterocycles. The molecule has 1 fully saturated rings. The molecule has 3 rings (SSSR count). The molecule has 2 amide bonds. The first-order valence-electron chi connectivity index (χ1n) is 8.28. The van der Waals surface area contributed by atoms with E-state index in [1.54, 1.807) is 0 Å². The van der Waals surface area contributed by atoms with Crippen molar-refractivity contribution in [1.82, 2.24) is 4.90 Å². The molecule has 0 unspecified atom stereocenters. The summed E-state index contributed by atoms with van der Waals surface area (Å²) in [6.45, 7) is -0.252. The van der Waals surface area contributed by atoms with Crippen LogP contribution in [-0.2, 0) is 9.53 Å². The molecular weight excluding hydrogens is 328 g/mol. The van der Waals surface area contributed by atoms with Crippen molar-refractivity contribution in [3.05, 3.63) is 39.4 Å².